The number of hydrogen-bond donors (Lipinski definition) is 0. The molecule has 0 aromatic heterocycles. The number of methoxy groups -OCH3 is 1. The lowest BCUT2D eigenvalue weighted by atomic mass is 10.0. The Bertz CT molecular complexity index is 438. The summed E-state index contributed by atoms with van der Waals surface area (Å²) in [6.45, 7) is 2.91. The molecule has 20 heavy (non-hydrogen) atoms. The minimum absolute atomic E-state index is 0.284. The van der Waals surface area contributed by atoms with E-state index in [2.05, 4.69) is 23.9 Å². The summed E-state index contributed by atoms with van der Waals surface area (Å²) in [4.78, 5) is 4.69. The van der Waals surface area contributed by atoms with E-state index in [-0.39, 0.29) is 5.82 Å². The number of hydrogen-bond acceptors (Lipinski definition) is 3. The van der Waals surface area contributed by atoms with Crippen molar-refractivity contribution in [2.45, 2.75) is 31.8 Å². The van der Waals surface area contributed by atoms with Crippen molar-refractivity contribution in [3.05, 3.63) is 29.6 Å². The Hall–Kier alpha value is -1.13. The van der Waals surface area contributed by atoms with Crippen LogP contribution in [0.3, 0.4) is 0 Å². The Labute approximate surface area is 121 Å². The van der Waals surface area contributed by atoms with Crippen molar-refractivity contribution in [3.63, 3.8) is 0 Å². The van der Waals surface area contributed by atoms with Crippen molar-refractivity contribution < 1.29 is 9.13 Å². The predicted octanol–water partition coefficient (Wildman–Crippen LogP) is 2.75. The molecule has 1 atom stereocenters. The monoisotopic (exact) mass is 280 g/mol. The van der Waals surface area contributed by atoms with E-state index in [0.717, 1.165) is 12.1 Å². The SMILES string of the molecule is COc1c(F)cccc1CN(C)CC1CCCCN1C. The highest BCUT2D eigenvalue weighted by Gasteiger charge is 2.21. The van der Waals surface area contributed by atoms with Crippen LogP contribution >= 0.6 is 0 Å². The molecule has 112 valence electrons. The van der Waals surface area contributed by atoms with Crippen LogP contribution in [0.15, 0.2) is 18.2 Å². The van der Waals surface area contributed by atoms with Gasteiger partial charge in [-0.05, 0) is 39.5 Å². The van der Waals surface area contributed by atoms with E-state index in [1.807, 2.05) is 6.07 Å². The van der Waals surface area contributed by atoms with Crippen molar-refractivity contribution in [2.75, 3.05) is 34.3 Å². The third-order valence-corrected chi connectivity index (χ3v) is 4.14. The number of ether oxygens (including phenoxy) is 1. The van der Waals surface area contributed by atoms with Crippen LogP contribution in [0.2, 0.25) is 0 Å². The lowest BCUT2D eigenvalue weighted by molar-refractivity contribution is 0.138. The van der Waals surface area contributed by atoms with E-state index in [4.69, 9.17) is 4.74 Å². The highest BCUT2D eigenvalue weighted by molar-refractivity contribution is 5.34. The van der Waals surface area contributed by atoms with Crippen LogP contribution in [-0.2, 0) is 6.54 Å². The van der Waals surface area contributed by atoms with E-state index in [9.17, 15) is 4.39 Å². The fraction of sp³-hybridized carbons (Fsp3) is 0.625. The van der Waals surface area contributed by atoms with Crippen LogP contribution in [0.5, 0.6) is 5.75 Å². The highest BCUT2D eigenvalue weighted by atomic mass is 19.1. The van der Waals surface area contributed by atoms with E-state index >= 15 is 0 Å². The fourth-order valence-corrected chi connectivity index (χ4v) is 3.00. The van der Waals surface area contributed by atoms with Gasteiger partial charge in [0.15, 0.2) is 11.6 Å². The number of para-hydroxylation sites is 1. The zero-order chi connectivity index (χ0) is 14.5. The molecule has 2 rings (SSSR count). The van der Waals surface area contributed by atoms with Crippen molar-refractivity contribution in [3.8, 4) is 5.75 Å². The number of halogens is 1. The normalized spacial score (nSPS) is 20.4. The van der Waals surface area contributed by atoms with Crippen LogP contribution in [0.4, 0.5) is 4.39 Å². The van der Waals surface area contributed by atoms with Gasteiger partial charge >= 0.3 is 0 Å². The third kappa shape index (κ3) is 3.70. The summed E-state index contributed by atoms with van der Waals surface area (Å²) < 4.78 is 18.8. The van der Waals surface area contributed by atoms with Crippen molar-refractivity contribution in [2.24, 2.45) is 0 Å². The van der Waals surface area contributed by atoms with Gasteiger partial charge in [0.2, 0.25) is 0 Å². The quantitative estimate of drug-likeness (QED) is 0.825. The number of nitrogens with zero attached hydrogens (tertiary/aromatic N) is 2. The zero-order valence-electron chi connectivity index (χ0n) is 12.7. The summed E-state index contributed by atoms with van der Waals surface area (Å²) >= 11 is 0. The average Bonchev–Trinajstić information content (AvgIpc) is 2.42. The number of rotatable bonds is 5. The Kier molecular flexibility index (Phi) is 5.38. The van der Waals surface area contributed by atoms with Gasteiger partial charge in [-0.25, -0.2) is 4.39 Å². The second-order valence-electron chi connectivity index (χ2n) is 5.76. The molecule has 1 aromatic carbocycles. The van der Waals surface area contributed by atoms with Gasteiger partial charge in [0.25, 0.3) is 0 Å². The van der Waals surface area contributed by atoms with Gasteiger partial charge in [0.1, 0.15) is 0 Å². The van der Waals surface area contributed by atoms with Crippen molar-refractivity contribution in [1.82, 2.24) is 9.80 Å². The second-order valence-corrected chi connectivity index (χ2v) is 5.76. The first-order valence-electron chi connectivity index (χ1n) is 7.32. The number of likely N-dealkylation sites (tertiary alicyclic amines) is 1. The fourth-order valence-electron chi connectivity index (χ4n) is 3.00. The largest absolute Gasteiger partial charge is 0.493 e. The maximum atomic E-state index is 13.7. The molecule has 4 heteroatoms. The van der Waals surface area contributed by atoms with Gasteiger partial charge in [0, 0.05) is 24.7 Å². The molecule has 0 saturated carbocycles. The maximum Gasteiger partial charge on any atom is 0.165 e. The molecule has 1 aliphatic rings. The van der Waals surface area contributed by atoms with Crippen LogP contribution in [0.25, 0.3) is 0 Å². The molecule has 1 saturated heterocycles. The lowest BCUT2D eigenvalue weighted by Gasteiger charge is -2.35. The van der Waals surface area contributed by atoms with Crippen molar-refractivity contribution in [1.29, 1.82) is 0 Å². The smallest absolute Gasteiger partial charge is 0.165 e. The molecule has 3 nitrogen and oxygen atoms in total. The lowest BCUT2D eigenvalue weighted by Crippen LogP contribution is -2.43. The first-order chi connectivity index (χ1) is 9.61. The Morgan fingerprint density at radius 2 is 2.20 bits per heavy atom. The van der Waals surface area contributed by atoms with Crippen LogP contribution in [0.1, 0.15) is 24.8 Å². The van der Waals surface area contributed by atoms with Gasteiger partial charge in [-0.1, -0.05) is 18.6 Å². The van der Waals surface area contributed by atoms with Gasteiger partial charge in [0.05, 0.1) is 7.11 Å². The second kappa shape index (κ2) is 7.04. The number of likely N-dealkylation sites (N-methyl/N-ethyl adjacent to an activating group) is 2. The van der Waals surface area contributed by atoms with Crippen molar-refractivity contribution >= 4 is 0 Å². The average molecular weight is 280 g/mol. The summed E-state index contributed by atoms with van der Waals surface area (Å²) in [5.41, 5.74) is 0.911. The first-order valence-corrected chi connectivity index (χ1v) is 7.32. The third-order valence-electron chi connectivity index (χ3n) is 4.14. The van der Waals surface area contributed by atoms with E-state index in [0.29, 0.717) is 18.3 Å². The molecule has 0 aliphatic carbocycles. The predicted molar refractivity (Wildman–Crippen MR) is 79.6 cm³/mol. The molecular weight excluding hydrogens is 255 g/mol. The minimum Gasteiger partial charge on any atom is -0.493 e. The molecule has 0 N–H and O–H groups in total. The zero-order valence-corrected chi connectivity index (χ0v) is 12.7. The maximum absolute atomic E-state index is 13.7. The molecule has 1 unspecified atom stereocenters. The number of piperidine rings is 1. The molecule has 0 amide bonds. The molecule has 0 bridgehead atoms. The molecule has 1 fully saturated rings. The highest BCUT2D eigenvalue weighted by Crippen LogP contribution is 2.24. The molecular formula is C16H25FN2O. The number of benzene rings is 1. The van der Waals surface area contributed by atoms with E-state index in [1.165, 1.54) is 39.0 Å². The van der Waals surface area contributed by atoms with E-state index < -0.39 is 0 Å². The van der Waals surface area contributed by atoms with E-state index in [1.54, 1.807) is 6.07 Å². The molecule has 0 radical (unpaired) electrons. The molecule has 1 aliphatic heterocycles. The summed E-state index contributed by atoms with van der Waals surface area (Å²) in [6.07, 6.45) is 3.86. The minimum atomic E-state index is -0.284. The summed E-state index contributed by atoms with van der Waals surface area (Å²) in [5, 5.41) is 0. The summed E-state index contributed by atoms with van der Waals surface area (Å²) in [5.74, 6) is 0.0875. The van der Waals surface area contributed by atoms with Crippen LogP contribution < -0.4 is 4.74 Å². The van der Waals surface area contributed by atoms with Gasteiger partial charge in [-0.3, -0.25) is 0 Å². The Morgan fingerprint density at radius 1 is 1.40 bits per heavy atom. The molecule has 0 spiro atoms. The standard InChI is InChI=1S/C16H25FN2O/c1-18(12-14-8-4-5-10-19(14)2)11-13-7-6-9-15(17)16(13)20-3/h6-7,9,14H,4-5,8,10-12H2,1-3H3. The Morgan fingerprint density at radius 3 is 2.90 bits per heavy atom. The molecule has 1 heterocycles. The summed E-state index contributed by atoms with van der Waals surface area (Å²) in [6, 6.07) is 5.72. The van der Waals surface area contributed by atoms with Crippen LogP contribution in [0, 0.1) is 5.82 Å². The topological polar surface area (TPSA) is 15.7 Å². The van der Waals surface area contributed by atoms with Gasteiger partial charge < -0.3 is 14.5 Å². The Balaban J connectivity index is 1.97. The first kappa shape index (κ1) is 15.3. The van der Waals surface area contributed by atoms with Gasteiger partial charge in [-0.2, -0.15) is 0 Å². The van der Waals surface area contributed by atoms with Gasteiger partial charge in [-0.15, -0.1) is 0 Å². The van der Waals surface area contributed by atoms with Crippen LogP contribution in [-0.4, -0.2) is 50.1 Å². The summed E-state index contributed by atoms with van der Waals surface area (Å²) in [7, 11) is 5.81. The molecule has 1 aromatic rings.